The lowest BCUT2D eigenvalue weighted by atomic mass is 10.1. The molecule has 2 rings (SSSR count). The van der Waals surface area contributed by atoms with E-state index in [0.29, 0.717) is 13.1 Å². The number of rotatable bonds is 7. The van der Waals surface area contributed by atoms with Crippen LogP contribution >= 0.6 is 0 Å². The number of nitrogens with zero attached hydrogens (tertiary/aromatic N) is 3. The second-order valence-electron chi connectivity index (χ2n) is 6.42. The number of carbonyl (C=O) groups excluding carboxylic acids is 2. The molecule has 0 spiro atoms. The zero-order valence-electron chi connectivity index (χ0n) is 14.4. The van der Waals surface area contributed by atoms with Crippen molar-refractivity contribution in [2.24, 2.45) is 0 Å². The van der Waals surface area contributed by atoms with Crippen LogP contribution in [-0.4, -0.2) is 72.8 Å². The number of amides is 2. The van der Waals surface area contributed by atoms with E-state index in [1.807, 2.05) is 51.4 Å². The molecule has 1 aliphatic heterocycles. The molecule has 0 bridgehead atoms. The van der Waals surface area contributed by atoms with Crippen molar-refractivity contribution in [3.05, 3.63) is 35.9 Å². The molecule has 1 aromatic rings. The van der Waals surface area contributed by atoms with Gasteiger partial charge >= 0.3 is 0 Å². The largest absolute Gasteiger partial charge is 0.331 e. The molecule has 5 nitrogen and oxygen atoms in total. The van der Waals surface area contributed by atoms with Gasteiger partial charge in [0, 0.05) is 13.1 Å². The molecule has 0 unspecified atom stereocenters. The Labute approximate surface area is 138 Å². The molecule has 1 aromatic carbocycles. The number of piperazine rings is 1. The molecule has 2 amide bonds. The third kappa shape index (κ3) is 4.79. The highest BCUT2D eigenvalue weighted by Gasteiger charge is 2.35. The van der Waals surface area contributed by atoms with Crippen LogP contribution < -0.4 is 0 Å². The van der Waals surface area contributed by atoms with E-state index in [-0.39, 0.29) is 24.4 Å². The molecule has 1 aliphatic rings. The Hall–Kier alpha value is -1.88. The summed E-state index contributed by atoms with van der Waals surface area (Å²) in [5.74, 6) is 0.120. The highest BCUT2D eigenvalue weighted by Crippen LogP contribution is 2.14. The lowest BCUT2D eigenvalue weighted by Crippen LogP contribution is -2.59. The third-order valence-electron chi connectivity index (χ3n) is 4.30. The van der Waals surface area contributed by atoms with Gasteiger partial charge in [-0.05, 0) is 46.0 Å². The topological polar surface area (TPSA) is 43.9 Å². The molecular weight excluding hydrogens is 290 g/mol. The average molecular weight is 317 g/mol. The maximum absolute atomic E-state index is 12.5. The Morgan fingerprint density at radius 3 is 2.48 bits per heavy atom. The Balaban J connectivity index is 1.89. The molecule has 0 saturated carbocycles. The Morgan fingerprint density at radius 2 is 1.83 bits per heavy atom. The molecule has 1 atom stereocenters. The summed E-state index contributed by atoms with van der Waals surface area (Å²) in [7, 11) is 4.02. The molecule has 0 radical (unpaired) electrons. The first kappa shape index (κ1) is 17.5. The summed E-state index contributed by atoms with van der Waals surface area (Å²) in [4.78, 5) is 30.4. The Bertz CT molecular complexity index is 530. The smallest absolute Gasteiger partial charge is 0.245 e. The zero-order valence-corrected chi connectivity index (χ0v) is 14.4. The summed E-state index contributed by atoms with van der Waals surface area (Å²) in [6, 6.07) is 9.71. The Morgan fingerprint density at radius 1 is 1.13 bits per heavy atom. The summed E-state index contributed by atoms with van der Waals surface area (Å²) in [5.41, 5.74) is 1.19. The lowest BCUT2D eigenvalue weighted by Gasteiger charge is -2.39. The summed E-state index contributed by atoms with van der Waals surface area (Å²) in [6.45, 7) is 4.21. The van der Waals surface area contributed by atoms with E-state index in [4.69, 9.17) is 0 Å². The summed E-state index contributed by atoms with van der Waals surface area (Å²) in [5, 5.41) is 0. The Kier molecular flexibility index (Phi) is 6.16. The maximum atomic E-state index is 12.5. The quantitative estimate of drug-likeness (QED) is 0.760. The number of carbonyl (C=O) groups is 2. The molecule has 126 valence electrons. The van der Waals surface area contributed by atoms with E-state index in [1.54, 1.807) is 9.80 Å². The van der Waals surface area contributed by atoms with Gasteiger partial charge in [0.05, 0.1) is 6.54 Å². The van der Waals surface area contributed by atoms with Gasteiger partial charge in [-0.3, -0.25) is 9.59 Å². The van der Waals surface area contributed by atoms with E-state index >= 15 is 0 Å². The van der Waals surface area contributed by atoms with Gasteiger partial charge in [-0.15, -0.1) is 0 Å². The normalized spacial score (nSPS) is 18.9. The van der Waals surface area contributed by atoms with Gasteiger partial charge in [0.2, 0.25) is 11.8 Å². The molecule has 23 heavy (non-hydrogen) atoms. The van der Waals surface area contributed by atoms with Gasteiger partial charge in [0.15, 0.2) is 0 Å². The minimum absolute atomic E-state index is 0.0592. The van der Waals surface area contributed by atoms with E-state index in [0.717, 1.165) is 19.4 Å². The van der Waals surface area contributed by atoms with Crippen LogP contribution in [0, 0.1) is 0 Å². The van der Waals surface area contributed by atoms with Gasteiger partial charge in [0.25, 0.3) is 0 Å². The molecule has 1 heterocycles. The van der Waals surface area contributed by atoms with Crippen LogP contribution in [0.4, 0.5) is 0 Å². The fraction of sp³-hybridized carbons (Fsp3) is 0.556. The van der Waals surface area contributed by atoms with E-state index in [9.17, 15) is 9.59 Å². The van der Waals surface area contributed by atoms with Gasteiger partial charge in [-0.2, -0.15) is 0 Å². The minimum Gasteiger partial charge on any atom is -0.331 e. The number of hydrogen-bond donors (Lipinski definition) is 0. The van der Waals surface area contributed by atoms with Crippen LogP contribution in [0.2, 0.25) is 0 Å². The van der Waals surface area contributed by atoms with Crippen molar-refractivity contribution < 1.29 is 9.59 Å². The maximum Gasteiger partial charge on any atom is 0.245 e. The average Bonchev–Trinajstić information content (AvgIpc) is 2.53. The summed E-state index contributed by atoms with van der Waals surface area (Å²) >= 11 is 0. The van der Waals surface area contributed by atoms with Crippen molar-refractivity contribution in [2.45, 2.75) is 25.8 Å². The molecule has 1 saturated heterocycles. The lowest BCUT2D eigenvalue weighted by molar-refractivity contribution is -0.155. The summed E-state index contributed by atoms with van der Waals surface area (Å²) < 4.78 is 0. The van der Waals surface area contributed by atoms with Crippen molar-refractivity contribution >= 4 is 11.8 Å². The van der Waals surface area contributed by atoms with Crippen molar-refractivity contribution in [2.75, 3.05) is 40.3 Å². The van der Waals surface area contributed by atoms with Crippen LogP contribution in [0.1, 0.15) is 18.9 Å². The van der Waals surface area contributed by atoms with Crippen LogP contribution in [0.5, 0.6) is 0 Å². The zero-order chi connectivity index (χ0) is 16.8. The molecule has 5 heteroatoms. The van der Waals surface area contributed by atoms with E-state index < -0.39 is 0 Å². The summed E-state index contributed by atoms with van der Waals surface area (Å²) in [6.07, 6.45) is 1.67. The standard InChI is InChI=1S/C18H27N3O2/c1-15-18(23)20(13-10-16-8-5-4-6-9-16)14-17(22)21(15)12-7-11-19(2)3/h4-6,8-9,15H,7,10-14H2,1-3H3/t15-/m1/s1. The monoisotopic (exact) mass is 317 g/mol. The SMILES string of the molecule is C[C@@H]1C(=O)N(CCc2ccccc2)CC(=O)N1CCCN(C)C. The highest BCUT2D eigenvalue weighted by molar-refractivity contribution is 5.94. The first-order valence-corrected chi connectivity index (χ1v) is 8.26. The first-order valence-electron chi connectivity index (χ1n) is 8.26. The van der Waals surface area contributed by atoms with Gasteiger partial charge < -0.3 is 14.7 Å². The van der Waals surface area contributed by atoms with Crippen LogP contribution in [0.3, 0.4) is 0 Å². The van der Waals surface area contributed by atoms with Crippen molar-refractivity contribution in [1.29, 1.82) is 0 Å². The first-order chi connectivity index (χ1) is 11.0. The van der Waals surface area contributed by atoms with Crippen LogP contribution in [0.25, 0.3) is 0 Å². The van der Waals surface area contributed by atoms with Gasteiger partial charge in [-0.25, -0.2) is 0 Å². The van der Waals surface area contributed by atoms with Crippen molar-refractivity contribution in [1.82, 2.24) is 14.7 Å². The van der Waals surface area contributed by atoms with E-state index in [2.05, 4.69) is 4.90 Å². The van der Waals surface area contributed by atoms with E-state index in [1.165, 1.54) is 5.56 Å². The van der Waals surface area contributed by atoms with Crippen LogP contribution in [0.15, 0.2) is 30.3 Å². The highest BCUT2D eigenvalue weighted by atomic mass is 16.2. The number of hydrogen-bond acceptors (Lipinski definition) is 3. The molecule has 0 aliphatic carbocycles. The fourth-order valence-electron chi connectivity index (χ4n) is 2.92. The fourth-order valence-corrected chi connectivity index (χ4v) is 2.92. The predicted octanol–water partition coefficient (Wildman–Crippen LogP) is 1.24. The third-order valence-corrected chi connectivity index (χ3v) is 4.30. The van der Waals surface area contributed by atoms with Crippen LogP contribution in [-0.2, 0) is 16.0 Å². The number of benzene rings is 1. The molecule has 0 aromatic heterocycles. The van der Waals surface area contributed by atoms with Crippen molar-refractivity contribution in [3.8, 4) is 0 Å². The molecule has 0 N–H and O–H groups in total. The second-order valence-corrected chi connectivity index (χ2v) is 6.42. The molecule has 1 fully saturated rings. The predicted molar refractivity (Wildman–Crippen MR) is 91.1 cm³/mol. The van der Waals surface area contributed by atoms with Crippen molar-refractivity contribution in [3.63, 3.8) is 0 Å². The van der Waals surface area contributed by atoms with Gasteiger partial charge in [0.1, 0.15) is 6.04 Å². The van der Waals surface area contributed by atoms with Gasteiger partial charge in [-0.1, -0.05) is 30.3 Å². The minimum atomic E-state index is -0.353. The molecular formula is C18H27N3O2. The second kappa shape index (κ2) is 8.11.